The zero-order valence-electron chi connectivity index (χ0n) is 21.4. The predicted octanol–water partition coefficient (Wildman–Crippen LogP) is 3.13. The molecule has 0 radical (unpaired) electrons. The molecule has 0 saturated heterocycles. The van der Waals surface area contributed by atoms with Gasteiger partial charge >= 0.3 is 0 Å². The monoisotopic (exact) mass is 550 g/mol. The van der Waals surface area contributed by atoms with Crippen LogP contribution in [0.2, 0.25) is 0 Å². The van der Waals surface area contributed by atoms with Crippen LogP contribution in [-0.4, -0.2) is 57.8 Å². The highest BCUT2D eigenvalue weighted by Gasteiger charge is 2.25. The van der Waals surface area contributed by atoms with Gasteiger partial charge in [0.25, 0.3) is 0 Å². The predicted molar refractivity (Wildman–Crippen MR) is 148 cm³/mol. The smallest absolute Gasteiger partial charge is 0.240 e. The number of para-hydroxylation sites is 1. The summed E-state index contributed by atoms with van der Waals surface area (Å²) >= 11 is 0. The van der Waals surface area contributed by atoms with Crippen molar-refractivity contribution in [3.05, 3.63) is 54.7 Å². The summed E-state index contributed by atoms with van der Waals surface area (Å²) in [6.07, 6.45) is 6.65. The largest absolute Gasteiger partial charge is 0.454 e. The summed E-state index contributed by atoms with van der Waals surface area (Å²) in [6.45, 7) is -0.114. The highest BCUT2D eigenvalue weighted by atomic mass is 32.2. The van der Waals surface area contributed by atoms with Gasteiger partial charge in [-0.15, -0.1) is 0 Å². The van der Waals surface area contributed by atoms with Gasteiger partial charge in [-0.3, -0.25) is 23.6 Å². The van der Waals surface area contributed by atoms with E-state index in [-0.39, 0.29) is 31.0 Å². The van der Waals surface area contributed by atoms with Crippen LogP contribution >= 0.6 is 0 Å². The second-order valence-electron chi connectivity index (χ2n) is 9.61. The first kappa shape index (κ1) is 26.6. The number of aromatic nitrogens is 1. The number of benzene rings is 2. The Kier molecular flexibility index (Phi) is 8.36. The van der Waals surface area contributed by atoms with E-state index in [9.17, 15) is 18.6 Å². The molecule has 2 heterocycles. The summed E-state index contributed by atoms with van der Waals surface area (Å²) in [5, 5.41) is 6.51. The van der Waals surface area contributed by atoms with E-state index < -0.39 is 28.4 Å². The lowest BCUT2D eigenvalue weighted by Crippen LogP contribution is -2.46. The molecule has 5 rings (SSSR count). The minimum atomic E-state index is -1.81. The fraction of sp³-hybridized carbons (Fsp3) is 0.357. The molecule has 10 nitrogen and oxygen atoms in total. The molecule has 1 atom stereocenters. The molecular weight excluding hydrogens is 520 g/mol. The van der Waals surface area contributed by atoms with Crippen LogP contribution in [-0.2, 0) is 25.2 Å². The van der Waals surface area contributed by atoms with E-state index in [1.165, 1.54) is 11.1 Å². The number of fused-ring (bicyclic) bond motifs is 2. The van der Waals surface area contributed by atoms with Gasteiger partial charge in [0.05, 0.1) is 17.4 Å². The lowest BCUT2D eigenvalue weighted by atomic mass is 9.95. The van der Waals surface area contributed by atoms with Crippen molar-refractivity contribution in [3.63, 3.8) is 0 Å². The van der Waals surface area contributed by atoms with Crippen molar-refractivity contribution in [2.75, 3.05) is 35.1 Å². The number of nitrogens with one attached hydrogen (secondary N) is 2. The van der Waals surface area contributed by atoms with Crippen molar-refractivity contribution in [2.24, 2.45) is 0 Å². The molecule has 0 spiro atoms. The molecule has 2 N–H and O–H groups in total. The van der Waals surface area contributed by atoms with E-state index in [1.54, 1.807) is 24.3 Å². The molecule has 39 heavy (non-hydrogen) atoms. The standard InChI is InChI=1S/C28H30N4O6S/c33-26(30-20-7-2-1-3-8-20)15-32(22-12-19-6-4-5-9-23(19)29-14-22)28(35)17-39(36)16-27(34)31-21-10-11-24-25(13-21)38-18-37-24/h4-6,9-14,20H,1-3,7-8,15-18H2,(H,30,33)(H,31,34)/t39-/m1/s1. The Labute approximate surface area is 228 Å². The number of carbonyl (C=O) groups is 3. The van der Waals surface area contributed by atoms with Crippen molar-refractivity contribution < 1.29 is 28.1 Å². The van der Waals surface area contributed by atoms with Crippen LogP contribution in [0.25, 0.3) is 10.9 Å². The van der Waals surface area contributed by atoms with Crippen LogP contribution in [0.1, 0.15) is 32.1 Å². The van der Waals surface area contributed by atoms with Crippen LogP contribution in [0, 0.1) is 0 Å². The summed E-state index contributed by atoms with van der Waals surface area (Å²) in [5.41, 5.74) is 1.65. The molecule has 3 amide bonds. The normalized spacial score (nSPS) is 15.5. The number of hydrogen-bond donors (Lipinski definition) is 2. The van der Waals surface area contributed by atoms with E-state index >= 15 is 0 Å². The fourth-order valence-corrected chi connectivity index (χ4v) is 5.68. The third-order valence-electron chi connectivity index (χ3n) is 6.69. The number of hydrogen-bond acceptors (Lipinski definition) is 7. The first-order valence-electron chi connectivity index (χ1n) is 12.9. The van der Waals surface area contributed by atoms with Crippen LogP contribution in [0.5, 0.6) is 11.5 Å². The molecule has 1 aliphatic carbocycles. The van der Waals surface area contributed by atoms with E-state index in [1.807, 2.05) is 24.3 Å². The maximum absolute atomic E-state index is 13.3. The maximum atomic E-state index is 13.3. The number of ether oxygens (including phenoxy) is 2. The highest BCUT2D eigenvalue weighted by Crippen LogP contribution is 2.34. The molecule has 11 heteroatoms. The van der Waals surface area contributed by atoms with Crippen molar-refractivity contribution in [1.82, 2.24) is 10.3 Å². The van der Waals surface area contributed by atoms with Gasteiger partial charge in [-0.25, -0.2) is 0 Å². The van der Waals surface area contributed by atoms with Crippen molar-refractivity contribution in [1.29, 1.82) is 0 Å². The van der Waals surface area contributed by atoms with Crippen molar-refractivity contribution in [2.45, 2.75) is 38.1 Å². The van der Waals surface area contributed by atoms with Crippen LogP contribution < -0.4 is 25.0 Å². The first-order chi connectivity index (χ1) is 18.9. The number of nitrogens with zero attached hydrogens (tertiary/aromatic N) is 2. The number of rotatable bonds is 9. The van der Waals surface area contributed by atoms with Crippen LogP contribution in [0.3, 0.4) is 0 Å². The van der Waals surface area contributed by atoms with E-state index in [0.717, 1.165) is 43.0 Å². The van der Waals surface area contributed by atoms with Crippen LogP contribution in [0.4, 0.5) is 11.4 Å². The molecule has 2 aromatic carbocycles. The topological polar surface area (TPSA) is 127 Å². The third kappa shape index (κ3) is 6.91. The lowest BCUT2D eigenvalue weighted by Gasteiger charge is -2.26. The molecule has 3 aromatic rings. The molecule has 0 bridgehead atoms. The Morgan fingerprint density at radius 3 is 2.59 bits per heavy atom. The summed E-state index contributed by atoms with van der Waals surface area (Å²) < 4.78 is 23.4. The van der Waals surface area contributed by atoms with E-state index in [4.69, 9.17) is 9.47 Å². The second-order valence-corrected chi connectivity index (χ2v) is 11.1. The van der Waals surface area contributed by atoms with Gasteiger partial charge in [0.15, 0.2) is 11.5 Å². The summed E-state index contributed by atoms with van der Waals surface area (Å²) in [5.74, 6) is -1.02. The van der Waals surface area contributed by atoms with Gasteiger partial charge in [0, 0.05) is 34.0 Å². The van der Waals surface area contributed by atoms with E-state index in [0.29, 0.717) is 22.9 Å². The number of pyridine rings is 1. The fourth-order valence-electron chi connectivity index (χ4n) is 4.78. The zero-order valence-corrected chi connectivity index (χ0v) is 22.2. The second kappa shape index (κ2) is 12.2. The van der Waals surface area contributed by atoms with Crippen molar-refractivity contribution in [3.8, 4) is 11.5 Å². The van der Waals surface area contributed by atoms with Gasteiger partial charge in [-0.1, -0.05) is 37.5 Å². The Morgan fingerprint density at radius 2 is 1.74 bits per heavy atom. The average molecular weight is 551 g/mol. The maximum Gasteiger partial charge on any atom is 0.240 e. The van der Waals surface area contributed by atoms with E-state index in [2.05, 4.69) is 15.6 Å². The first-order valence-corrected chi connectivity index (χ1v) is 14.4. The quantitative estimate of drug-likeness (QED) is 0.419. The molecule has 2 aliphatic rings. The number of carbonyl (C=O) groups excluding carboxylic acids is 3. The summed E-state index contributed by atoms with van der Waals surface area (Å²) in [6, 6.07) is 14.3. The van der Waals surface area contributed by atoms with Gasteiger partial charge in [0.1, 0.15) is 18.1 Å². The molecule has 1 fully saturated rings. The lowest BCUT2D eigenvalue weighted by molar-refractivity contribution is -0.123. The molecule has 0 unspecified atom stereocenters. The molecular formula is C28H30N4O6S. The van der Waals surface area contributed by atoms with Gasteiger partial charge < -0.3 is 25.0 Å². The third-order valence-corrected chi connectivity index (χ3v) is 7.85. The Bertz CT molecular complexity index is 1410. The zero-order chi connectivity index (χ0) is 27.2. The summed E-state index contributed by atoms with van der Waals surface area (Å²) in [7, 11) is -1.81. The molecule has 1 aromatic heterocycles. The van der Waals surface area contributed by atoms with Gasteiger partial charge in [-0.05, 0) is 37.1 Å². The number of amides is 3. The summed E-state index contributed by atoms with van der Waals surface area (Å²) in [4.78, 5) is 44.5. The Hall–Kier alpha value is -3.99. The molecule has 1 aliphatic heterocycles. The average Bonchev–Trinajstić information content (AvgIpc) is 3.40. The minimum absolute atomic E-state index is 0.0898. The Balaban J connectivity index is 1.25. The SMILES string of the molecule is O=C(C[S@@](=O)CC(=O)N(CC(=O)NC1CCCCC1)c1cnc2ccccc2c1)Nc1ccc2c(c1)OCO2. The van der Waals surface area contributed by atoms with Gasteiger partial charge in [0.2, 0.25) is 24.5 Å². The highest BCUT2D eigenvalue weighted by molar-refractivity contribution is 7.86. The van der Waals surface area contributed by atoms with Crippen molar-refractivity contribution >= 4 is 50.8 Å². The number of anilines is 2. The minimum Gasteiger partial charge on any atom is -0.454 e. The van der Waals surface area contributed by atoms with Crippen LogP contribution in [0.15, 0.2) is 54.7 Å². The molecule has 1 saturated carbocycles. The molecule has 204 valence electrons. The van der Waals surface area contributed by atoms with Gasteiger partial charge in [-0.2, -0.15) is 0 Å². The Morgan fingerprint density at radius 1 is 0.949 bits per heavy atom.